The lowest BCUT2D eigenvalue weighted by atomic mass is 9.96. The molecule has 0 aliphatic carbocycles. The maximum absolute atomic E-state index is 12.6. The Morgan fingerprint density at radius 2 is 1.48 bits per heavy atom. The predicted octanol–water partition coefficient (Wildman–Crippen LogP) is 3.14. The van der Waals surface area contributed by atoms with Gasteiger partial charge in [0, 0.05) is 16.7 Å². The Hall–Kier alpha value is -2.62. The third kappa shape index (κ3) is 2.94. The van der Waals surface area contributed by atoms with E-state index in [-0.39, 0.29) is 11.6 Å². The molecule has 4 nitrogen and oxygen atoms in total. The summed E-state index contributed by atoms with van der Waals surface area (Å²) in [5.41, 5.74) is 1.25. The quantitative estimate of drug-likeness (QED) is 0.791. The molecule has 0 saturated carbocycles. The van der Waals surface area contributed by atoms with E-state index in [1.807, 2.05) is 0 Å². The van der Waals surface area contributed by atoms with Crippen LogP contribution in [-0.2, 0) is 0 Å². The van der Waals surface area contributed by atoms with Gasteiger partial charge in [0.2, 0.25) is 0 Å². The number of carbonyl (C=O) groups is 2. The van der Waals surface area contributed by atoms with Gasteiger partial charge in [0.25, 0.3) is 0 Å². The Labute approximate surface area is 123 Å². The summed E-state index contributed by atoms with van der Waals surface area (Å²) in [6, 6.07) is 11.7. The second-order valence-corrected chi connectivity index (χ2v) is 4.50. The highest BCUT2D eigenvalue weighted by Crippen LogP contribution is 2.29. The number of hydrogen-bond donors (Lipinski definition) is 0. The SMILES string of the molecule is COc1ccc(C(=O)c2ccccc2C(C)=O)cc1OC. The molecule has 0 spiro atoms. The molecule has 2 aromatic rings. The second-order valence-electron chi connectivity index (χ2n) is 4.50. The number of ketones is 2. The first kappa shape index (κ1) is 14.8. The molecule has 0 unspecified atom stereocenters. The smallest absolute Gasteiger partial charge is 0.193 e. The van der Waals surface area contributed by atoms with E-state index in [0.29, 0.717) is 28.2 Å². The van der Waals surface area contributed by atoms with Crippen LogP contribution in [0.5, 0.6) is 11.5 Å². The molecule has 0 N–H and O–H groups in total. The summed E-state index contributed by atoms with van der Waals surface area (Å²) in [5.74, 6) is 0.665. The number of rotatable bonds is 5. The van der Waals surface area contributed by atoms with Crippen molar-refractivity contribution in [1.82, 2.24) is 0 Å². The molecule has 21 heavy (non-hydrogen) atoms. The number of Topliss-reactive ketones (excluding diaryl/α,β-unsaturated/α-hetero) is 1. The highest BCUT2D eigenvalue weighted by atomic mass is 16.5. The average molecular weight is 284 g/mol. The monoisotopic (exact) mass is 284 g/mol. The zero-order chi connectivity index (χ0) is 15.4. The van der Waals surface area contributed by atoms with Gasteiger partial charge < -0.3 is 9.47 Å². The van der Waals surface area contributed by atoms with Crippen LogP contribution in [0.4, 0.5) is 0 Å². The maximum atomic E-state index is 12.6. The molecule has 108 valence electrons. The Bertz CT molecular complexity index is 689. The standard InChI is InChI=1S/C17H16O4/c1-11(18)13-6-4-5-7-14(13)17(19)12-8-9-15(20-2)16(10-12)21-3/h4-10H,1-3H3. The molecule has 0 aliphatic heterocycles. The van der Waals surface area contributed by atoms with Crippen molar-refractivity contribution >= 4 is 11.6 Å². The summed E-state index contributed by atoms with van der Waals surface area (Å²) in [5, 5.41) is 0. The van der Waals surface area contributed by atoms with Gasteiger partial charge in [-0.1, -0.05) is 24.3 Å². The van der Waals surface area contributed by atoms with Crippen molar-refractivity contribution in [1.29, 1.82) is 0 Å². The summed E-state index contributed by atoms with van der Waals surface area (Å²) in [4.78, 5) is 24.2. The lowest BCUT2D eigenvalue weighted by Crippen LogP contribution is -2.08. The van der Waals surface area contributed by atoms with Gasteiger partial charge in [-0.2, -0.15) is 0 Å². The van der Waals surface area contributed by atoms with E-state index in [9.17, 15) is 9.59 Å². The molecule has 0 saturated heterocycles. The summed E-state index contributed by atoms with van der Waals surface area (Å²) in [7, 11) is 3.04. The van der Waals surface area contributed by atoms with Crippen LogP contribution in [0.2, 0.25) is 0 Å². The van der Waals surface area contributed by atoms with Crippen LogP contribution in [-0.4, -0.2) is 25.8 Å². The van der Waals surface area contributed by atoms with Crippen LogP contribution >= 0.6 is 0 Å². The fraction of sp³-hybridized carbons (Fsp3) is 0.176. The number of methoxy groups -OCH3 is 2. The summed E-state index contributed by atoms with van der Waals surface area (Å²) < 4.78 is 10.3. The molecule has 2 aromatic carbocycles. The first-order valence-corrected chi connectivity index (χ1v) is 6.45. The van der Waals surface area contributed by atoms with Gasteiger partial charge in [-0.25, -0.2) is 0 Å². The highest BCUT2D eigenvalue weighted by molar-refractivity contribution is 6.15. The third-order valence-electron chi connectivity index (χ3n) is 3.20. The zero-order valence-electron chi connectivity index (χ0n) is 12.2. The first-order chi connectivity index (χ1) is 10.1. The van der Waals surface area contributed by atoms with E-state index in [1.54, 1.807) is 42.5 Å². The fourth-order valence-corrected chi connectivity index (χ4v) is 2.12. The zero-order valence-corrected chi connectivity index (χ0v) is 12.2. The topological polar surface area (TPSA) is 52.6 Å². The second kappa shape index (κ2) is 6.22. The highest BCUT2D eigenvalue weighted by Gasteiger charge is 2.17. The molecule has 2 rings (SSSR count). The molecule has 0 bridgehead atoms. The van der Waals surface area contributed by atoms with Crippen LogP contribution in [0.1, 0.15) is 33.2 Å². The number of benzene rings is 2. The van der Waals surface area contributed by atoms with Crippen LogP contribution < -0.4 is 9.47 Å². The molecular formula is C17H16O4. The Balaban J connectivity index is 2.48. The van der Waals surface area contributed by atoms with Gasteiger partial charge in [0.05, 0.1) is 14.2 Å². The van der Waals surface area contributed by atoms with Crippen molar-refractivity contribution < 1.29 is 19.1 Å². The van der Waals surface area contributed by atoms with Gasteiger partial charge in [0.1, 0.15) is 0 Å². The van der Waals surface area contributed by atoms with Crippen molar-refractivity contribution in [2.24, 2.45) is 0 Å². The van der Waals surface area contributed by atoms with Crippen molar-refractivity contribution in [3.05, 3.63) is 59.2 Å². The van der Waals surface area contributed by atoms with E-state index in [4.69, 9.17) is 9.47 Å². The van der Waals surface area contributed by atoms with Gasteiger partial charge in [-0.3, -0.25) is 9.59 Å². The van der Waals surface area contributed by atoms with Crippen LogP contribution in [0.15, 0.2) is 42.5 Å². The number of hydrogen-bond acceptors (Lipinski definition) is 4. The van der Waals surface area contributed by atoms with Gasteiger partial charge in [0.15, 0.2) is 23.1 Å². The summed E-state index contributed by atoms with van der Waals surface area (Å²) >= 11 is 0. The van der Waals surface area contributed by atoms with Crippen molar-refractivity contribution in [3.8, 4) is 11.5 Å². The summed E-state index contributed by atoms with van der Waals surface area (Å²) in [6.07, 6.45) is 0. The third-order valence-corrected chi connectivity index (χ3v) is 3.20. The summed E-state index contributed by atoms with van der Waals surface area (Å²) in [6.45, 7) is 1.45. The average Bonchev–Trinajstić information content (AvgIpc) is 2.53. The molecule has 0 radical (unpaired) electrons. The molecular weight excluding hydrogens is 268 g/mol. The lowest BCUT2D eigenvalue weighted by molar-refractivity contribution is 0.0990. The van der Waals surface area contributed by atoms with Crippen LogP contribution in [0.3, 0.4) is 0 Å². The minimum absolute atomic E-state index is 0.139. The fourth-order valence-electron chi connectivity index (χ4n) is 2.12. The molecule has 0 aromatic heterocycles. The number of ether oxygens (including phenoxy) is 2. The molecule has 0 fully saturated rings. The van der Waals surface area contributed by atoms with E-state index >= 15 is 0 Å². The minimum Gasteiger partial charge on any atom is -0.493 e. The molecule has 4 heteroatoms. The van der Waals surface area contributed by atoms with Crippen molar-refractivity contribution in [2.75, 3.05) is 14.2 Å². The molecule has 0 aliphatic rings. The van der Waals surface area contributed by atoms with E-state index in [2.05, 4.69) is 0 Å². The molecule has 0 heterocycles. The van der Waals surface area contributed by atoms with E-state index in [1.165, 1.54) is 21.1 Å². The lowest BCUT2D eigenvalue weighted by Gasteiger charge is -2.10. The minimum atomic E-state index is -0.221. The van der Waals surface area contributed by atoms with Gasteiger partial charge >= 0.3 is 0 Å². The molecule has 0 amide bonds. The first-order valence-electron chi connectivity index (χ1n) is 6.45. The predicted molar refractivity (Wildman–Crippen MR) is 79.4 cm³/mol. The maximum Gasteiger partial charge on any atom is 0.193 e. The van der Waals surface area contributed by atoms with Crippen LogP contribution in [0, 0.1) is 0 Å². The van der Waals surface area contributed by atoms with E-state index in [0.717, 1.165) is 0 Å². The van der Waals surface area contributed by atoms with Crippen molar-refractivity contribution in [2.45, 2.75) is 6.92 Å². The Kier molecular flexibility index (Phi) is 4.38. The molecule has 0 atom stereocenters. The van der Waals surface area contributed by atoms with E-state index < -0.39 is 0 Å². The Morgan fingerprint density at radius 1 is 0.857 bits per heavy atom. The normalized spacial score (nSPS) is 10.0. The van der Waals surface area contributed by atoms with Gasteiger partial charge in [-0.05, 0) is 25.1 Å². The van der Waals surface area contributed by atoms with Crippen LogP contribution in [0.25, 0.3) is 0 Å². The van der Waals surface area contributed by atoms with Gasteiger partial charge in [-0.15, -0.1) is 0 Å². The Morgan fingerprint density at radius 3 is 2.05 bits per heavy atom. The number of carbonyl (C=O) groups excluding carboxylic acids is 2. The van der Waals surface area contributed by atoms with Crippen molar-refractivity contribution in [3.63, 3.8) is 0 Å². The largest absolute Gasteiger partial charge is 0.493 e.